The molecular formula is C37H40O4. The third-order valence-electron chi connectivity index (χ3n) is 8.04. The van der Waals surface area contributed by atoms with Crippen molar-refractivity contribution in [3.63, 3.8) is 0 Å². The second-order valence-corrected chi connectivity index (χ2v) is 11.1. The lowest BCUT2D eigenvalue weighted by Crippen LogP contribution is -2.29. The Hall–Kier alpha value is -4.05. The topological polar surface area (TPSA) is 44.8 Å². The molecule has 0 heterocycles. The molecule has 3 aromatic carbocycles. The number of hydrogen-bond donors (Lipinski definition) is 0. The first-order chi connectivity index (χ1) is 20.1. The van der Waals surface area contributed by atoms with Gasteiger partial charge < -0.3 is 14.2 Å². The van der Waals surface area contributed by atoms with E-state index >= 15 is 0 Å². The quantitative estimate of drug-likeness (QED) is 0.187. The maximum Gasteiger partial charge on any atom is 0.308 e. The van der Waals surface area contributed by atoms with Gasteiger partial charge in [-0.05, 0) is 91.6 Å². The minimum atomic E-state index is -0.307. The van der Waals surface area contributed by atoms with Gasteiger partial charge in [0, 0.05) is 18.8 Å². The Morgan fingerprint density at radius 1 is 0.634 bits per heavy atom. The lowest BCUT2D eigenvalue weighted by molar-refractivity contribution is -0.131. The maximum atomic E-state index is 11.1. The molecule has 0 bridgehead atoms. The van der Waals surface area contributed by atoms with Crippen LogP contribution in [0.4, 0.5) is 0 Å². The van der Waals surface area contributed by atoms with Crippen LogP contribution >= 0.6 is 0 Å². The van der Waals surface area contributed by atoms with Crippen LogP contribution in [0.25, 0.3) is 18.2 Å². The van der Waals surface area contributed by atoms with E-state index in [4.69, 9.17) is 14.2 Å². The van der Waals surface area contributed by atoms with E-state index in [0.29, 0.717) is 17.6 Å². The minimum absolute atomic E-state index is 0.165. The molecule has 5 rings (SSSR count). The smallest absolute Gasteiger partial charge is 0.308 e. The summed E-state index contributed by atoms with van der Waals surface area (Å²) < 4.78 is 18.0. The maximum absolute atomic E-state index is 11.1. The first kappa shape index (κ1) is 28.5. The normalized spacial score (nSPS) is 22.6. The Kier molecular flexibility index (Phi) is 9.74. The summed E-state index contributed by atoms with van der Waals surface area (Å²) in [5, 5.41) is 0. The molecule has 0 spiro atoms. The van der Waals surface area contributed by atoms with Crippen LogP contribution in [0.2, 0.25) is 0 Å². The Morgan fingerprint density at radius 3 is 1.59 bits per heavy atom. The molecular weight excluding hydrogens is 508 g/mol. The van der Waals surface area contributed by atoms with Gasteiger partial charge in [-0.2, -0.15) is 0 Å². The predicted octanol–water partition coefficient (Wildman–Crippen LogP) is 9.17. The van der Waals surface area contributed by atoms with E-state index in [0.717, 1.165) is 48.3 Å². The van der Waals surface area contributed by atoms with Crippen molar-refractivity contribution in [2.45, 2.75) is 64.1 Å². The van der Waals surface area contributed by atoms with Crippen molar-refractivity contribution in [3.8, 4) is 17.2 Å². The van der Waals surface area contributed by atoms with E-state index in [2.05, 4.69) is 55.1 Å². The summed E-state index contributed by atoms with van der Waals surface area (Å²) in [5.74, 6) is 2.89. The second-order valence-electron chi connectivity index (χ2n) is 11.1. The van der Waals surface area contributed by atoms with Crippen LogP contribution < -0.4 is 14.2 Å². The van der Waals surface area contributed by atoms with Crippen molar-refractivity contribution >= 4 is 24.2 Å². The van der Waals surface area contributed by atoms with Crippen LogP contribution in [0, 0.1) is 11.8 Å². The lowest BCUT2D eigenvalue weighted by atomic mass is 9.85. The second kappa shape index (κ2) is 14.0. The highest BCUT2D eigenvalue weighted by Crippen LogP contribution is 2.33. The van der Waals surface area contributed by atoms with Gasteiger partial charge in [0.15, 0.2) is 0 Å². The SMILES string of the molecule is C=Cc1ccc(OC2CCCC2/C=C/c2ccc(OC3CCCCC3/C=C/c3ccc(OC(C)=O)cc3)cc2)cc1. The van der Waals surface area contributed by atoms with Gasteiger partial charge in [0.25, 0.3) is 0 Å². The molecule has 41 heavy (non-hydrogen) atoms. The van der Waals surface area contributed by atoms with Crippen LogP contribution in [-0.4, -0.2) is 18.2 Å². The molecule has 0 aromatic heterocycles. The van der Waals surface area contributed by atoms with Gasteiger partial charge in [0.1, 0.15) is 29.5 Å². The number of hydrogen-bond acceptors (Lipinski definition) is 4. The molecule has 2 aliphatic carbocycles. The van der Waals surface area contributed by atoms with Gasteiger partial charge >= 0.3 is 5.97 Å². The van der Waals surface area contributed by atoms with Crippen molar-refractivity contribution < 1.29 is 19.0 Å². The number of ether oxygens (including phenoxy) is 3. The summed E-state index contributed by atoms with van der Waals surface area (Å²) in [6, 6.07) is 24.2. The van der Waals surface area contributed by atoms with Crippen LogP contribution in [0.5, 0.6) is 17.2 Å². The third kappa shape index (κ3) is 8.23. The molecule has 2 aliphatic rings. The summed E-state index contributed by atoms with van der Waals surface area (Å²) in [5.41, 5.74) is 3.37. The average molecular weight is 549 g/mol. The van der Waals surface area contributed by atoms with E-state index in [1.807, 2.05) is 54.6 Å². The van der Waals surface area contributed by atoms with E-state index < -0.39 is 0 Å². The molecule has 4 nitrogen and oxygen atoms in total. The Bertz CT molecular complexity index is 1340. The largest absolute Gasteiger partial charge is 0.490 e. The summed E-state index contributed by atoms with van der Waals surface area (Å²) >= 11 is 0. The van der Waals surface area contributed by atoms with Gasteiger partial charge in [-0.3, -0.25) is 4.79 Å². The summed E-state index contributed by atoms with van der Waals surface area (Å²) in [6.07, 6.45) is 19.2. The molecule has 0 aliphatic heterocycles. The van der Waals surface area contributed by atoms with Crippen molar-refractivity contribution in [1.29, 1.82) is 0 Å². The minimum Gasteiger partial charge on any atom is -0.490 e. The highest BCUT2D eigenvalue weighted by atomic mass is 16.5. The highest BCUT2D eigenvalue weighted by molar-refractivity contribution is 5.69. The molecule has 4 heteroatoms. The van der Waals surface area contributed by atoms with E-state index in [-0.39, 0.29) is 18.2 Å². The zero-order valence-corrected chi connectivity index (χ0v) is 23.9. The van der Waals surface area contributed by atoms with Crippen molar-refractivity contribution in [3.05, 3.63) is 108 Å². The molecule has 0 radical (unpaired) electrons. The lowest BCUT2D eigenvalue weighted by Gasteiger charge is -2.30. The average Bonchev–Trinajstić information content (AvgIpc) is 3.44. The standard InChI is InChI=1S/C37H40O4/c1-3-28-13-21-34(22-14-28)41-37-10-6-8-32(37)20-12-30-17-25-35(26-18-30)40-36-9-5-4-7-31(36)19-11-29-15-23-33(24-16-29)39-27(2)38/h3,11-26,31-32,36-37H,1,4-10H2,2H3/b19-11+,20-12+. The fraction of sp³-hybridized carbons (Fsp3) is 0.324. The number of carbonyl (C=O) groups is 1. The van der Waals surface area contributed by atoms with Crippen LogP contribution in [-0.2, 0) is 4.79 Å². The summed E-state index contributed by atoms with van der Waals surface area (Å²) in [4.78, 5) is 11.1. The Morgan fingerprint density at radius 2 is 1.07 bits per heavy atom. The van der Waals surface area contributed by atoms with Crippen molar-refractivity contribution in [2.24, 2.45) is 11.8 Å². The van der Waals surface area contributed by atoms with Crippen LogP contribution in [0.1, 0.15) is 68.6 Å². The number of rotatable bonds is 10. The first-order valence-electron chi connectivity index (χ1n) is 14.9. The fourth-order valence-electron chi connectivity index (χ4n) is 5.79. The summed E-state index contributed by atoms with van der Waals surface area (Å²) in [6.45, 7) is 5.23. The monoisotopic (exact) mass is 548 g/mol. The molecule has 0 N–H and O–H groups in total. The molecule has 4 unspecified atom stereocenters. The number of carbonyl (C=O) groups excluding carboxylic acids is 1. The highest BCUT2D eigenvalue weighted by Gasteiger charge is 2.27. The number of benzene rings is 3. The third-order valence-corrected chi connectivity index (χ3v) is 8.04. The van der Waals surface area contributed by atoms with E-state index in [9.17, 15) is 4.79 Å². The van der Waals surface area contributed by atoms with Crippen LogP contribution in [0.15, 0.2) is 91.5 Å². The van der Waals surface area contributed by atoms with Gasteiger partial charge in [-0.25, -0.2) is 0 Å². The zero-order valence-electron chi connectivity index (χ0n) is 23.9. The zero-order chi connectivity index (χ0) is 28.4. The molecule has 0 saturated heterocycles. The van der Waals surface area contributed by atoms with E-state index in [1.165, 1.54) is 31.7 Å². The molecule has 3 aromatic rings. The summed E-state index contributed by atoms with van der Waals surface area (Å²) in [7, 11) is 0. The predicted molar refractivity (Wildman–Crippen MR) is 167 cm³/mol. The Labute approximate surface area is 244 Å². The van der Waals surface area contributed by atoms with Gasteiger partial charge in [0.05, 0.1) is 0 Å². The van der Waals surface area contributed by atoms with Crippen LogP contribution in [0.3, 0.4) is 0 Å². The molecule has 2 saturated carbocycles. The first-order valence-corrected chi connectivity index (χ1v) is 14.9. The van der Waals surface area contributed by atoms with Gasteiger partial charge in [-0.1, -0.05) is 79.8 Å². The van der Waals surface area contributed by atoms with Crippen molar-refractivity contribution in [2.75, 3.05) is 0 Å². The molecule has 2 fully saturated rings. The Balaban J connectivity index is 1.15. The fourth-order valence-corrected chi connectivity index (χ4v) is 5.79. The molecule has 212 valence electrons. The van der Waals surface area contributed by atoms with Gasteiger partial charge in [-0.15, -0.1) is 0 Å². The van der Waals surface area contributed by atoms with Gasteiger partial charge in [0.2, 0.25) is 0 Å². The molecule has 0 amide bonds. The van der Waals surface area contributed by atoms with Crippen molar-refractivity contribution in [1.82, 2.24) is 0 Å². The molecule has 4 atom stereocenters. The number of esters is 1. The van der Waals surface area contributed by atoms with E-state index in [1.54, 1.807) is 0 Å².